The number of nitrogens with zero attached hydrogens (tertiary/aromatic N) is 5. The number of nitrogen functional groups attached to an aromatic ring is 1. The normalized spacial score (nSPS) is 18.8. The summed E-state index contributed by atoms with van der Waals surface area (Å²) >= 11 is 0. The third-order valence-electron chi connectivity index (χ3n) is 4.51. The Morgan fingerprint density at radius 2 is 1.97 bits per heavy atom. The third-order valence-corrected chi connectivity index (χ3v) is 4.51. The van der Waals surface area contributed by atoms with E-state index in [-0.39, 0.29) is 0 Å². The highest BCUT2D eigenvalue weighted by molar-refractivity contribution is 5.87. The summed E-state index contributed by atoms with van der Waals surface area (Å²) in [4.78, 5) is 20.4. The molecule has 9 heteroatoms. The lowest BCUT2D eigenvalue weighted by Gasteiger charge is -2.29. The fraction of sp³-hybridized carbons (Fsp3) is 0.500. The van der Waals surface area contributed by atoms with Crippen LogP contribution in [-0.2, 0) is 4.74 Å². The predicted octanol–water partition coefficient (Wildman–Crippen LogP) is 0.951. The van der Waals surface area contributed by atoms with Gasteiger partial charge in [-0.05, 0) is 18.6 Å². The molecule has 0 radical (unpaired) electrons. The number of aliphatic imine (C=N–C) groups is 2. The summed E-state index contributed by atoms with van der Waals surface area (Å²) in [5.41, 5.74) is 8.46. The maximum atomic E-state index is 6.43. The molecular weight excluding hydrogens is 368 g/mol. The summed E-state index contributed by atoms with van der Waals surface area (Å²) in [5.74, 6) is 1.30. The first-order chi connectivity index (χ1) is 14.3. The molecule has 0 atom stereocenters. The van der Waals surface area contributed by atoms with Crippen molar-refractivity contribution in [1.29, 1.82) is 0 Å². The van der Waals surface area contributed by atoms with Crippen molar-refractivity contribution in [2.45, 2.75) is 13.3 Å². The molecule has 0 unspecified atom stereocenters. The van der Waals surface area contributed by atoms with Gasteiger partial charge in [0.2, 0.25) is 0 Å². The van der Waals surface area contributed by atoms with Gasteiger partial charge in [-0.15, -0.1) is 0 Å². The number of anilines is 2. The Kier molecular flexibility index (Phi) is 8.14. The maximum absolute atomic E-state index is 6.43. The quantitative estimate of drug-likeness (QED) is 0.692. The molecule has 2 aliphatic heterocycles. The Labute approximate surface area is 171 Å². The van der Waals surface area contributed by atoms with Crippen molar-refractivity contribution < 1.29 is 4.74 Å². The average molecular weight is 399 g/mol. The zero-order valence-corrected chi connectivity index (χ0v) is 17.0. The summed E-state index contributed by atoms with van der Waals surface area (Å²) in [6.07, 6.45) is 10.2. The second-order valence-corrected chi connectivity index (χ2v) is 6.64. The van der Waals surface area contributed by atoms with E-state index in [1.54, 1.807) is 12.6 Å². The van der Waals surface area contributed by atoms with Crippen LogP contribution in [0.4, 0.5) is 11.5 Å². The van der Waals surface area contributed by atoms with E-state index >= 15 is 0 Å². The Morgan fingerprint density at radius 3 is 2.76 bits per heavy atom. The molecule has 1 fully saturated rings. The number of aromatic nitrogens is 2. The maximum Gasteiger partial charge on any atom is 0.178 e. The Bertz CT molecular complexity index is 781. The van der Waals surface area contributed by atoms with Crippen LogP contribution in [-0.4, -0.2) is 75.0 Å². The standard InChI is InChI=1S/C20H30N8O/c1-2-3-4-16-18(21)20(28-11-13-29-14-12-28)27-19(26-16)17-5-6-22-7-8-23-9-10-24-15-25-17/h3-6,15,23H,2,7-14,21H2,1H3,(H,24,25)/b4-3-,17-5?,22-6?. The highest BCUT2D eigenvalue weighted by Gasteiger charge is 2.20. The number of nitrogens with one attached hydrogen (secondary N) is 2. The molecule has 29 heavy (non-hydrogen) atoms. The van der Waals surface area contributed by atoms with Crippen LogP contribution in [0, 0.1) is 0 Å². The zero-order valence-electron chi connectivity index (χ0n) is 17.0. The first-order valence-electron chi connectivity index (χ1n) is 10.1. The molecule has 1 aromatic heterocycles. The van der Waals surface area contributed by atoms with E-state index in [0.717, 1.165) is 44.1 Å². The predicted molar refractivity (Wildman–Crippen MR) is 120 cm³/mol. The van der Waals surface area contributed by atoms with Crippen LogP contribution in [0.5, 0.6) is 0 Å². The van der Waals surface area contributed by atoms with E-state index in [4.69, 9.17) is 20.4 Å². The van der Waals surface area contributed by atoms with Crippen LogP contribution in [0.25, 0.3) is 11.8 Å². The molecule has 4 N–H and O–H groups in total. The highest BCUT2D eigenvalue weighted by Crippen LogP contribution is 2.27. The third kappa shape index (κ3) is 6.10. The topological polar surface area (TPSA) is 113 Å². The molecule has 0 amide bonds. The second-order valence-electron chi connectivity index (χ2n) is 6.64. The molecule has 0 bridgehead atoms. The molecule has 156 valence electrons. The van der Waals surface area contributed by atoms with Gasteiger partial charge in [-0.3, -0.25) is 9.98 Å². The number of nitrogens with two attached hydrogens (primary N) is 1. The molecule has 1 aromatic rings. The van der Waals surface area contributed by atoms with Crippen molar-refractivity contribution in [3.05, 3.63) is 23.7 Å². The fourth-order valence-corrected chi connectivity index (χ4v) is 2.95. The fourth-order valence-electron chi connectivity index (χ4n) is 2.95. The van der Waals surface area contributed by atoms with E-state index in [9.17, 15) is 0 Å². The average Bonchev–Trinajstić information content (AvgIpc) is 2.74. The van der Waals surface area contributed by atoms with Crippen molar-refractivity contribution in [2.75, 3.05) is 63.1 Å². The van der Waals surface area contributed by atoms with Crippen LogP contribution in [0.15, 0.2) is 22.1 Å². The molecule has 1 saturated heterocycles. The Morgan fingerprint density at radius 1 is 1.17 bits per heavy atom. The first-order valence-corrected chi connectivity index (χ1v) is 10.1. The highest BCUT2D eigenvalue weighted by atomic mass is 16.5. The van der Waals surface area contributed by atoms with Gasteiger partial charge < -0.3 is 26.0 Å². The van der Waals surface area contributed by atoms with Crippen LogP contribution in [0.1, 0.15) is 24.9 Å². The number of allylic oxidation sites excluding steroid dienone is 2. The molecule has 0 aliphatic carbocycles. The minimum absolute atomic E-state index is 0.560. The summed E-state index contributed by atoms with van der Waals surface area (Å²) in [5, 5.41) is 6.49. The molecule has 0 spiro atoms. The van der Waals surface area contributed by atoms with E-state index in [1.165, 1.54) is 0 Å². The molecule has 3 heterocycles. The number of hydrogen-bond donors (Lipinski definition) is 3. The van der Waals surface area contributed by atoms with Crippen LogP contribution in [0.2, 0.25) is 0 Å². The number of hydrogen-bond acceptors (Lipinski definition) is 9. The molecule has 2 aliphatic rings. The van der Waals surface area contributed by atoms with Crippen molar-refractivity contribution in [3.63, 3.8) is 0 Å². The summed E-state index contributed by atoms with van der Waals surface area (Å²) in [7, 11) is 0. The Hall–Kier alpha value is -2.78. The van der Waals surface area contributed by atoms with E-state index < -0.39 is 0 Å². The number of morpholine rings is 1. The first kappa shape index (κ1) is 20.9. The van der Waals surface area contributed by atoms with Crippen LogP contribution >= 0.6 is 0 Å². The van der Waals surface area contributed by atoms with Gasteiger partial charge in [-0.1, -0.05) is 13.0 Å². The Balaban J connectivity index is 2.00. The van der Waals surface area contributed by atoms with Crippen LogP contribution in [0.3, 0.4) is 0 Å². The van der Waals surface area contributed by atoms with Crippen molar-refractivity contribution in [2.24, 2.45) is 9.98 Å². The van der Waals surface area contributed by atoms with Gasteiger partial charge >= 0.3 is 0 Å². The van der Waals surface area contributed by atoms with Gasteiger partial charge in [0.1, 0.15) is 5.69 Å². The summed E-state index contributed by atoms with van der Waals surface area (Å²) in [6.45, 7) is 7.94. The van der Waals surface area contributed by atoms with Crippen LogP contribution < -0.4 is 21.3 Å². The molecule has 0 aromatic carbocycles. The van der Waals surface area contributed by atoms with Gasteiger partial charge in [0, 0.05) is 32.4 Å². The van der Waals surface area contributed by atoms with Gasteiger partial charge in [-0.25, -0.2) is 9.97 Å². The monoisotopic (exact) mass is 398 g/mol. The van der Waals surface area contributed by atoms with E-state index in [1.807, 2.05) is 18.2 Å². The minimum atomic E-state index is 0.560. The van der Waals surface area contributed by atoms with E-state index in [0.29, 0.717) is 43.5 Å². The van der Waals surface area contributed by atoms with Gasteiger partial charge in [-0.2, -0.15) is 0 Å². The SMILES string of the molecule is CC/C=C\c1nc(C2=CC=NCCNCCN=CN2)nc(N2CCOCC2)c1N. The minimum Gasteiger partial charge on any atom is -0.394 e. The lowest BCUT2D eigenvalue weighted by molar-refractivity contribution is 0.122. The number of ether oxygens (including phenoxy) is 1. The largest absolute Gasteiger partial charge is 0.394 e. The molecule has 9 nitrogen and oxygen atoms in total. The molecule has 0 saturated carbocycles. The molecular formula is C20H30N8O. The van der Waals surface area contributed by atoms with Gasteiger partial charge in [0.25, 0.3) is 0 Å². The lowest BCUT2D eigenvalue weighted by atomic mass is 10.2. The van der Waals surface area contributed by atoms with E-state index in [2.05, 4.69) is 32.4 Å². The lowest BCUT2D eigenvalue weighted by Crippen LogP contribution is -2.37. The van der Waals surface area contributed by atoms with Crippen molar-refractivity contribution in [1.82, 2.24) is 20.6 Å². The summed E-state index contributed by atoms with van der Waals surface area (Å²) < 4.78 is 5.48. The van der Waals surface area contributed by atoms with Gasteiger partial charge in [0.15, 0.2) is 11.6 Å². The number of rotatable bonds is 4. The second kappa shape index (κ2) is 11.3. The smallest absolute Gasteiger partial charge is 0.178 e. The summed E-state index contributed by atoms with van der Waals surface area (Å²) in [6, 6.07) is 0. The zero-order chi connectivity index (χ0) is 20.3. The van der Waals surface area contributed by atoms with Gasteiger partial charge in [0.05, 0.1) is 44.0 Å². The van der Waals surface area contributed by atoms with Crippen molar-refractivity contribution >= 4 is 35.8 Å². The molecule has 3 rings (SSSR count). The van der Waals surface area contributed by atoms with Crippen molar-refractivity contribution in [3.8, 4) is 0 Å².